The summed E-state index contributed by atoms with van der Waals surface area (Å²) in [4.78, 5) is 17.2. The van der Waals surface area contributed by atoms with Crippen LogP contribution < -0.4 is 19.5 Å². The van der Waals surface area contributed by atoms with Crippen LogP contribution in [0, 0.1) is 0 Å². The van der Waals surface area contributed by atoms with Crippen LogP contribution >= 0.6 is 11.6 Å². The molecular formula is C22H24ClN3O5S. The van der Waals surface area contributed by atoms with Gasteiger partial charge in [-0.1, -0.05) is 24.1 Å². The monoisotopic (exact) mass is 477 g/mol. The number of ether oxygens (including phenoxy) is 2. The van der Waals surface area contributed by atoms with Crippen LogP contribution in [0.4, 0.5) is 5.69 Å². The molecule has 8 nitrogen and oxygen atoms in total. The van der Waals surface area contributed by atoms with Crippen molar-refractivity contribution in [3.05, 3.63) is 47.0 Å². The van der Waals surface area contributed by atoms with Gasteiger partial charge in [-0.2, -0.15) is 0 Å². The molecule has 2 aliphatic heterocycles. The zero-order valence-corrected chi connectivity index (χ0v) is 19.0. The lowest BCUT2D eigenvalue weighted by atomic mass is 10.1. The van der Waals surface area contributed by atoms with Gasteiger partial charge in [0.05, 0.1) is 23.1 Å². The Morgan fingerprint density at radius 3 is 2.75 bits per heavy atom. The Balaban J connectivity index is 1.51. The summed E-state index contributed by atoms with van der Waals surface area (Å²) in [7, 11) is -3.81. The number of anilines is 1. The van der Waals surface area contributed by atoms with Crippen molar-refractivity contribution in [1.29, 1.82) is 0 Å². The number of amidine groups is 1. The zero-order valence-electron chi connectivity index (χ0n) is 17.4. The predicted molar refractivity (Wildman–Crippen MR) is 123 cm³/mol. The van der Waals surface area contributed by atoms with Crippen molar-refractivity contribution >= 4 is 39.1 Å². The topological polar surface area (TPSA) is 106 Å². The van der Waals surface area contributed by atoms with Gasteiger partial charge in [0.15, 0.2) is 11.5 Å². The van der Waals surface area contributed by atoms with Gasteiger partial charge in [-0.15, -0.1) is 0 Å². The molecule has 10 heteroatoms. The van der Waals surface area contributed by atoms with E-state index in [-0.39, 0.29) is 15.5 Å². The van der Waals surface area contributed by atoms with E-state index in [0.717, 1.165) is 19.3 Å². The van der Waals surface area contributed by atoms with Crippen LogP contribution in [0.5, 0.6) is 11.5 Å². The van der Waals surface area contributed by atoms with Crippen LogP contribution in [0.25, 0.3) is 0 Å². The molecule has 32 heavy (non-hydrogen) atoms. The van der Waals surface area contributed by atoms with Crippen molar-refractivity contribution in [3.63, 3.8) is 0 Å². The average molecular weight is 478 g/mol. The number of carbonyl (C=O) groups excluding carboxylic acids is 1. The smallest absolute Gasteiger partial charge is 0.262 e. The minimum Gasteiger partial charge on any atom is -0.489 e. The number of halogens is 1. The molecule has 0 radical (unpaired) electrons. The first kappa shape index (κ1) is 22.4. The Labute approximate surface area is 192 Å². The van der Waals surface area contributed by atoms with E-state index in [1.807, 2.05) is 0 Å². The molecule has 0 unspecified atom stereocenters. The molecule has 170 valence electrons. The van der Waals surface area contributed by atoms with E-state index in [1.54, 1.807) is 18.2 Å². The SMILES string of the molecule is O=C(Nc1cccc(S(=O)(=O)NC2=NCCCCC2)c1)c1cc(Cl)c2c(c1)OCCCO2. The summed E-state index contributed by atoms with van der Waals surface area (Å²) in [5, 5.41) is 2.99. The van der Waals surface area contributed by atoms with Gasteiger partial charge < -0.3 is 14.8 Å². The summed E-state index contributed by atoms with van der Waals surface area (Å²) in [5.74, 6) is 0.850. The summed E-state index contributed by atoms with van der Waals surface area (Å²) in [6.07, 6.45) is 4.20. The van der Waals surface area contributed by atoms with Crippen molar-refractivity contribution < 1.29 is 22.7 Å². The normalized spacial score (nSPS) is 16.3. The molecule has 2 heterocycles. The van der Waals surface area contributed by atoms with Gasteiger partial charge >= 0.3 is 0 Å². The molecule has 4 rings (SSSR count). The number of nitrogens with zero attached hydrogens (tertiary/aromatic N) is 1. The number of nitrogens with one attached hydrogen (secondary N) is 2. The van der Waals surface area contributed by atoms with Gasteiger partial charge in [-0.3, -0.25) is 14.5 Å². The predicted octanol–water partition coefficient (Wildman–Crippen LogP) is 4.00. The lowest BCUT2D eigenvalue weighted by Gasteiger charge is -2.13. The van der Waals surface area contributed by atoms with Gasteiger partial charge in [0.1, 0.15) is 5.84 Å². The second-order valence-corrected chi connectivity index (χ2v) is 9.65. The number of benzene rings is 2. The van der Waals surface area contributed by atoms with Crippen LogP contribution in [0.2, 0.25) is 5.02 Å². The Morgan fingerprint density at radius 2 is 1.88 bits per heavy atom. The first-order valence-electron chi connectivity index (χ1n) is 10.5. The first-order chi connectivity index (χ1) is 15.4. The van der Waals surface area contributed by atoms with Crippen LogP contribution in [0.1, 0.15) is 42.5 Å². The first-order valence-corrected chi connectivity index (χ1v) is 12.4. The van der Waals surface area contributed by atoms with Crippen molar-refractivity contribution in [2.75, 3.05) is 25.1 Å². The van der Waals surface area contributed by atoms with E-state index in [9.17, 15) is 13.2 Å². The van der Waals surface area contributed by atoms with Crippen molar-refractivity contribution in [2.24, 2.45) is 4.99 Å². The standard InChI is InChI=1S/C22H24ClN3O5S/c23-18-12-15(13-19-21(18)31-11-5-10-30-19)22(27)25-16-6-4-7-17(14-16)32(28,29)26-20-8-2-1-3-9-24-20/h4,6-7,12-14H,1-3,5,8-11H2,(H,24,26)(H,25,27). The van der Waals surface area contributed by atoms with E-state index >= 15 is 0 Å². The van der Waals surface area contributed by atoms with E-state index in [2.05, 4.69) is 15.0 Å². The third-order valence-corrected chi connectivity index (χ3v) is 6.75. The molecular weight excluding hydrogens is 454 g/mol. The average Bonchev–Trinajstić information content (AvgIpc) is 3.16. The molecule has 0 saturated carbocycles. The van der Waals surface area contributed by atoms with Gasteiger partial charge in [-0.25, -0.2) is 8.42 Å². The zero-order chi connectivity index (χ0) is 22.6. The second kappa shape index (κ2) is 9.79. The molecule has 2 N–H and O–H groups in total. The Hall–Kier alpha value is -2.78. The Bertz CT molecular complexity index is 1150. The van der Waals surface area contributed by atoms with E-state index in [0.29, 0.717) is 55.6 Å². The highest BCUT2D eigenvalue weighted by Crippen LogP contribution is 2.38. The lowest BCUT2D eigenvalue weighted by molar-refractivity contribution is 0.102. The minimum absolute atomic E-state index is 0.0407. The largest absolute Gasteiger partial charge is 0.489 e. The van der Waals surface area contributed by atoms with Crippen molar-refractivity contribution in [2.45, 2.75) is 37.0 Å². The summed E-state index contributed by atoms with van der Waals surface area (Å²) in [5.41, 5.74) is 0.613. The van der Waals surface area contributed by atoms with Crippen LogP contribution in [0.15, 0.2) is 46.3 Å². The van der Waals surface area contributed by atoms with E-state index < -0.39 is 15.9 Å². The van der Waals surface area contributed by atoms with Crippen LogP contribution in [-0.4, -0.2) is 39.9 Å². The van der Waals surface area contributed by atoms with Gasteiger partial charge in [0.25, 0.3) is 15.9 Å². The number of fused-ring (bicyclic) bond motifs is 1. The highest BCUT2D eigenvalue weighted by Gasteiger charge is 2.20. The van der Waals surface area contributed by atoms with Crippen LogP contribution in [0.3, 0.4) is 0 Å². The lowest BCUT2D eigenvalue weighted by Crippen LogP contribution is -2.30. The number of sulfonamides is 1. The van der Waals surface area contributed by atoms with Crippen LogP contribution in [-0.2, 0) is 10.0 Å². The summed E-state index contributed by atoms with van der Waals surface area (Å²) in [6, 6.07) is 9.12. The summed E-state index contributed by atoms with van der Waals surface area (Å²) >= 11 is 6.27. The highest BCUT2D eigenvalue weighted by atomic mass is 35.5. The molecule has 0 atom stereocenters. The fourth-order valence-corrected chi connectivity index (χ4v) is 4.88. The van der Waals surface area contributed by atoms with Crippen molar-refractivity contribution in [1.82, 2.24) is 4.72 Å². The molecule has 0 saturated heterocycles. The molecule has 0 fully saturated rings. The molecule has 1 amide bonds. The molecule has 0 bridgehead atoms. The van der Waals surface area contributed by atoms with E-state index in [1.165, 1.54) is 18.2 Å². The van der Waals surface area contributed by atoms with Gasteiger partial charge in [0, 0.05) is 30.6 Å². The number of rotatable bonds is 4. The number of hydrogen-bond donors (Lipinski definition) is 2. The number of hydrogen-bond acceptors (Lipinski definition) is 6. The fourth-order valence-electron chi connectivity index (χ4n) is 3.48. The highest BCUT2D eigenvalue weighted by molar-refractivity contribution is 7.90. The third kappa shape index (κ3) is 5.34. The molecule has 0 aromatic heterocycles. The van der Waals surface area contributed by atoms with Gasteiger partial charge in [0.2, 0.25) is 0 Å². The fraction of sp³-hybridized carbons (Fsp3) is 0.364. The maximum Gasteiger partial charge on any atom is 0.262 e. The second-order valence-electron chi connectivity index (χ2n) is 7.56. The molecule has 2 aromatic carbocycles. The van der Waals surface area contributed by atoms with E-state index in [4.69, 9.17) is 21.1 Å². The number of aliphatic imine (C=N–C) groups is 1. The molecule has 0 spiro atoms. The number of carbonyl (C=O) groups is 1. The minimum atomic E-state index is -3.81. The van der Waals surface area contributed by atoms with Gasteiger partial charge in [-0.05, 0) is 43.2 Å². The van der Waals surface area contributed by atoms with Crippen molar-refractivity contribution in [3.8, 4) is 11.5 Å². The quantitative estimate of drug-likeness (QED) is 0.692. The Morgan fingerprint density at radius 1 is 1.03 bits per heavy atom. The maximum absolute atomic E-state index is 12.8. The molecule has 2 aliphatic rings. The Kier molecular flexibility index (Phi) is 6.86. The maximum atomic E-state index is 12.8. The third-order valence-electron chi connectivity index (χ3n) is 5.09. The summed E-state index contributed by atoms with van der Waals surface area (Å²) < 4.78 is 39.4. The number of amides is 1. The summed E-state index contributed by atoms with van der Waals surface area (Å²) in [6.45, 7) is 1.57. The molecule has 2 aromatic rings. The molecule has 0 aliphatic carbocycles.